The summed E-state index contributed by atoms with van der Waals surface area (Å²) in [4.78, 5) is 13.3. The van der Waals surface area contributed by atoms with Gasteiger partial charge in [0.2, 0.25) is 15.9 Å². The van der Waals surface area contributed by atoms with Crippen molar-refractivity contribution < 1.29 is 17.9 Å². The molecule has 10 heteroatoms. The van der Waals surface area contributed by atoms with Gasteiger partial charge in [0.05, 0.1) is 12.8 Å². The van der Waals surface area contributed by atoms with Crippen LogP contribution in [0.2, 0.25) is 0 Å². The van der Waals surface area contributed by atoms with Gasteiger partial charge in [0.15, 0.2) is 0 Å². The SMILES string of the molecule is COc1ccc(Br)cc1S(=O)(=O)NCCSC1Sc2ccccc2NC1=O. The van der Waals surface area contributed by atoms with Crippen LogP contribution in [0, 0.1) is 0 Å². The number of ether oxygens (including phenoxy) is 1. The summed E-state index contributed by atoms with van der Waals surface area (Å²) in [6, 6.07) is 12.4. The topological polar surface area (TPSA) is 84.5 Å². The second kappa shape index (κ2) is 8.87. The number of carbonyl (C=O) groups excluding carboxylic acids is 1. The van der Waals surface area contributed by atoms with Crippen molar-refractivity contribution in [2.24, 2.45) is 0 Å². The van der Waals surface area contributed by atoms with E-state index in [1.807, 2.05) is 24.3 Å². The van der Waals surface area contributed by atoms with Crippen LogP contribution < -0.4 is 14.8 Å². The van der Waals surface area contributed by atoms with Crippen molar-refractivity contribution in [1.29, 1.82) is 0 Å². The number of nitrogens with one attached hydrogen (secondary N) is 2. The Morgan fingerprint density at radius 3 is 2.85 bits per heavy atom. The van der Waals surface area contributed by atoms with Gasteiger partial charge in [-0.3, -0.25) is 4.79 Å². The molecule has 6 nitrogen and oxygen atoms in total. The van der Waals surface area contributed by atoms with Gasteiger partial charge in [-0.15, -0.1) is 11.8 Å². The molecule has 1 atom stereocenters. The molecule has 0 bridgehead atoms. The summed E-state index contributed by atoms with van der Waals surface area (Å²) in [6.45, 7) is 0.203. The number of carbonyl (C=O) groups is 1. The maximum atomic E-state index is 12.5. The molecule has 1 aliphatic heterocycles. The summed E-state index contributed by atoms with van der Waals surface area (Å²) in [5.74, 6) is 0.653. The molecule has 0 spiro atoms. The fourth-order valence-corrected chi connectivity index (χ4v) is 6.61. The minimum absolute atomic E-state index is 0.0723. The largest absolute Gasteiger partial charge is 0.495 e. The number of para-hydroxylation sites is 1. The standard InChI is InChI=1S/C17H17BrN2O4S3/c1-24-13-7-6-11(18)10-15(13)27(22,23)19-8-9-25-17-16(21)20-12-4-2-3-5-14(12)26-17/h2-7,10,17,19H,8-9H2,1H3,(H,20,21). The monoisotopic (exact) mass is 488 g/mol. The number of thioether (sulfide) groups is 2. The van der Waals surface area contributed by atoms with Gasteiger partial charge < -0.3 is 10.1 Å². The van der Waals surface area contributed by atoms with Crippen molar-refractivity contribution in [3.63, 3.8) is 0 Å². The van der Waals surface area contributed by atoms with Gasteiger partial charge >= 0.3 is 0 Å². The lowest BCUT2D eigenvalue weighted by Crippen LogP contribution is -2.30. The Hall–Kier alpha value is -1.20. The predicted octanol–water partition coefficient (Wildman–Crippen LogP) is 3.54. The number of rotatable bonds is 7. The summed E-state index contributed by atoms with van der Waals surface area (Å²) in [5.41, 5.74) is 0.812. The van der Waals surface area contributed by atoms with E-state index in [2.05, 4.69) is 26.0 Å². The van der Waals surface area contributed by atoms with Crippen LogP contribution in [-0.2, 0) is 14.8 Å². The molecule has 1 unspecified atom stereocenters. The van der Waals surface area contributed by atoms with Crippen LogP contribution in [0.3, 0.4) is 0 Å². The van der Waals surface area contributed by atoms with Crippen molar-refractivity contribution >= 4 is 61.1 Å². The molecule has 0 saturated heterocycles. The maximum Gasteiger partial charge on any atom is 0.248 e. The molecule has 27 heavy (non-hydrogen) atoms. The number of methoxy groups -OCH3 is 1. The van der Waals surface area contributed by atoms with Gasteiger partial charge in [0, 0.05) is 21.7 Å². The van der Waals surface area contributed by atoms with E-state index in [1.54, 1.807) is 12.1 Å². The lowest BCUT2D eigenvalue weighted by atomic mass is 10.3. The van der Waals surface area contributed by atoms with Crippen LogP contribution in [0.25, 0.3) is 0 Å². The highest BCUT2D eigenvalue weighted by Crippen LogP contribution is 2.39. The zero-order valence-corrected chi connectivity index (χ0v) is 18.3. The summed E-state index contributed by atoms with van der Waals surface area (Å²) < 4.78 is 33.1. The predicted molar refractivity (Wildman–Crippen MR) is 113 cm³/mol. The van der Waals surface area contributed by atoms with Crippen LogP contribution >= 0.6 is 39.5 Å². The molecule has 1 heterocycles. The highest BCUT2D eigenvalue weighted by Gasteiger charge is 2.27. The van der Waals surface area contributed by atoms with E-state index >= 15 is 0 Å². The Kier molecular flexibility index (Phi) is 6.74. The molecular weight excluding hydrogens is 472 g/mol. The average Bonchev–Trinajstić information content (AvgIpc) is 2.65. The fourth-order valence-electron chi connectivity index (χ4n) is 2.42. The Morgan fingerprint density at radius 1 is 1.30 bits per heavy atom. The number of hydrogen-bond acceptors (Lipinski definition) is 6. The van der Waals surface area contributed by atoms with Crippen molar-refractivity contribution in [3.8, 4) is 5.75 Å². The molecule has 2 aromatic carbocycles. The Labute approximate surface area is 175 Å². The molecule has 144 valence electrons. The van der Waals surface area contributed by atoms with E-state index in [9.17, 15) is 13.2 Å². The van der Waals surface area contributed by atoms with Crippen LogP contribution in [0.15, 0.2) is 56.7 Å². The number of halogens is 1. The zero-order chi connectivity index (χ0) is 19.4. The Bertz CT molecular complexity index is 953. The Balaban J connectivity index is 1.57. The third-order valence-electron chi connectivity index (χ3n) is 3.67. The first-order valence-electron chi connectivity index (χ1n) is 7.92. The highest BCUT2D eigenvalue weighted by molar-refractivity contribution is 9.10. The van der Waals surface area contributed by atoms with Gasteiger partial charge in [-0.1, -0.05) is 39.8 Å². The highest BCUT2D eigenvalue weighted by atomic mass is 79.9. The third kappa shape index (κ3) is 5.00. The number of anilines is 1. The van der Waals surface area contributed by atoms with Gasteiger partial charge in [0.1, 0.15) is 15.2 Å². The minimum Gasteiger partial charge on any atom is -0.495 e. The van der Waals surface area contributed by atoms with Gasteiger partial charge in [-0.05, 0) is 30.3 Å². The molecule has 0 aromatic heterocycles. The van der Waals surface area contributed by atoms with Crippen molar-refractivity contribution in [3.05, 3.63) is 46.9 Å². The molecule has 3 rings (SSSR count). The maximum absolute atomic E-state index is 12.5. The second-order valence-electron chi connectivity index (χ2n) is 5.50. The van der Waals surface area contributed by atoms with E-state index in [0.29, 0.717) is 10.2 Å². The van der Waals surface area contributed by atoms with E-state index in [-0.39, 0.29) is 27.7 Å². The van der Waals surface area contributed by atoms with Crippen molar-refractivity contribution in [2.45, 2.75) is 14.4 Å². The Morgan fingerprint density at radius 2 is 2.07 bits per heavy atom. The molecule has 1 aliphatic rings. The fraction of sp³-hybridized carbons (Fsp3) is 0.235. The van der Waals surface area contributed by atoms with Gasteiger partial charge in [-0.2, -0.15) is 0 Å². The number of amides is 1. The van der Waals surface area contributed by atoms with E-state index in [0.717, 1.165) is 10.6 Å². The van der Waals surface area contributed by atoms with Crippen LogP contribution in [0.1, 0.15) is 0 Å². The number of fused-ring (bicyclic) bond motifs is 1. The first-order valence-corrected chi connectivity index (χ1v) is 12.1. The van der Waals surface area contributed by atoms with Crippen molar-refractivity contribution in [1.82, 2.24) is 4.72 Å². The van der Waals surface area contributed by atoms with Crippen LogP contribution in [-0.4, -0.2) is 38.3 Å². The lowest BCUT2D eigenvalue weighted by Gasteiger charge is -2.23. The average molecular weight is 489 g/mol. The van der Waals surface area contributed by atoms with Gasteiger partial charge in [0.25, 0.3) is 0 Å². The summed E-state index contributed by atoms with van der Waals surface area (Å²) in [7, 11) is -2.29. The first-order chi connectivity index (χ1) is 12.9. The molecule has 0 saturated carbocycles. The zero-order valence-electron chi connectivity index (χ0n) is 14.3. The summed E-state index contributed by atoms with van der Waals surface area (Å²) >= 11 is 6.15. The summed E-state index contributed by atoms with van der Waals surface area (Å²) in [5, 5.41) is 2.87. The quantitative estimate of drug-likeness (QED) is 0.579. The lowest BCUT2D eigenvalue weighted by molar-refractivity contribution is -0.114. The minimum atomic E-state index is -3.72. The second-order valence-corrected chi connectivity index (χ2v) is 10.8. The molecule has 0 fully saturated rings. The van der Waals surface area contributed by atoms with Crippen molar-refractivity contribution in [2.75, 3.05) is 24.7 Å². The molecule has 2 N–H and O–H groups in total. The van der Waals surface area contributed by atoms with Crippen LogP contribution in [0.4, 0.5) is 5.69 Å². The third-order valence-corrected chi connectivity index (χ3v) is 8.34. The molecule has 1 amide bonds. The summed E-state index contributed by atoms with van der Waals surface area (Å²) in [6.07, 6.45) is 0. The number of benzene rings is 2. The number of hydrogen-bond donors (Lipinski definition) is 2. The normalized spacial score (nSPS) is 16.5. The number of sulfonamides is 1. The van der Waals surface area contributed by atoms with E-state index in [4.69, 9.17) is 4.74 Å². The molecule has 0 aliphatic carbocycles. The van der Waals surface area contributed by atoms with Gasteiger partial charge in [-0.25, -0.2) is 13.1 Å². The molecule has 2 aromatic rings. The van der Waals surface area contributed by atoms with E-state index < -0.39 is 10.0 Å². The van der Waals surface area contributed by atoms with E-state index in [1.165, 1.54) is 36.7 Å². The smallest absolute Gasteiger partial charge is 0.248 e. The molecule has 0 radical (unpaired) electrons. The first kappa shape index (κ1) is 20.5. The van der Waals surface area contributed by atoms with Crippen LogP contribution in [0.5, 0.6) is 5.75 Å². The molecular formula is C17H17BrN2O4S3.